The van der Waals surface area contributed by atoms with Crippen LogP contribution in [0, 0.1) is 6.92 Å². The number of primary amides is 1. The normalized spacial score (nSPS) is 18.3. The van der Waals surface area contributed by atoms with E-state index in [1.165, 1.54) is 4.90 Å². The van der Waals surface area contributed by atoms with Crippen LogP contribution in [0.2, 0.25) is 0 Å². The molecule has 7 heteroatoms. The van der Waals surface area contributed by atoms with Crippen LogP contribution in [-0.4, -0.2) is 48.4 Å². The SMILES string of the molecule is Cc1ccc(N2C[C@H](C)N(C(=O)CNC(N)=O)CC2=O)cc1. The monoisotopic (exact) mass is 304 g/mol. The fourth-order valence-corrected chi connectivity index (χ4v) is 2.42. The Kier molecular flexibility index (Phi) is 4.65. The lowest BCUT2D eigenvalue weighted by atomic mass is 10.1. The van der Waals surface area contributed by atoms with Crippen molar-refractivity contribution in [2.24, 2.45) is 5.73 Å². The van der Waals surface area contributed by atoms with Crippen LogP contribution in [-0.2, 0) is 9.59 Å². The minimum atomic E-state index is -0.759. The molecule has 1 aliphatic rings. The zero-order valence-corrected chi connectivity index (χ0v) is 12.7. The Morgan fingerprint density at radius 3 is 2.55 bits per heavy atom. The predicted molar refractivity (Wildman–Crippen MR) is 82.3 cm³/mol. The van der Waals surface area contributed by atoms with Crippen molar-refractivity contribution in [3.05, 3.63) is 29.8 Å². The van der Waals surface area contributed by atoms with Crippen LogP contribution >= 0.6 is 0 Å². The lowest BCUT2D eigenvalue weighted by Crippen LogP contribution is -2.58. The van der Waals surface area contributed by atoms with E-state index >= 15 is 0 Å². The van der Waals surface area contributed by atoms with Crippen LogP contribution in [0.25, 0.3) is 0 Å². The Hall–Kier alpha value is -2.57. The smallest absolute Gasteiger partial charge is 0.312 e. The van der Waals surface area contributed by atoms with Crippen molar-refractivity contribution in [3.8, 4) is 0 Å². The van der Waals surface area contributed by atoms with Gasteiger partial charge in [-0.15, -0.1) is 0 Å². The topological polar surface area (TPSA) is 95.7 Å². The summed E-state index contributed by atoms with van der Waals surface area (Å²) in [6.45, 7) is 4.07. The van der Waals surface area contributed by atoms with Crippen molar-refractivity contribution in [2.75, 3.05) is 24.5 Å². The van der Waals surface area contributed by atoms with Gasteiger partial charge in [0.2, 0.25) is 11.8 Å². The number of anilines is 1. The summed E-state index contributed by atoms with van der Waals surface area (Å²) < 4.78 is 0. The van der Waals surface area contributed by atoms with Gasteiger partial charge in [-0.25, -0.2) is 4.79 Å². The summed E-state index contributed by atoms with van der Waals surface area (Å²) in [5.41, 5.74) is 6.89. The molecule has 1 fully saturated rings. The molecular formula is C15H20N4O3. The third-order valence-electron chi connectivity index (χ3n) is 3.67. The van der Waals surface area contributed by atoms with Gasteiger partial charge in [0.25, 0.3) is 0 Å². The van der Waals surface area contributed by atoms with Gasteiger partial charge in [-0.3, -0.25) is 9.59 Å². The predicted octanol–water partition coefficient (Wildman–Crippen LogP) is 0.227. The fraction of sp³-hybridized carbons (Fsp3) is 0.400. The highest BCUT2D eigenvalue weighted by molar-refractivity contribution is 5.98. The number of aryl methyl sites for hydroxylation is 1. The van der Waals surface area contributed by atoms with Crippen molar-refractivity contribution < 1.29 is 14.4 Å². The van der Waals surface area contributed by atoms with Crippen molar-refractivity contribution >= 4 is 23.5 Å². The number of carbonyl (C=O) groups is 3. The Morgan fingerprint density at radius 2 is 1.95 bits per heavy atom. The average Bonchev–Trinajstić information content (AvgIpc) is 2.47. The minimum Gasteiger partial charge on any atom is -0.352 e. The molecule has 3 N–H and O–H groups in total. The van der Waals surface area contributed by atoms with E-state index in [2.05, 4.69) is 5.32 Å². The van der Waals surface area contributed by atoms with Gasteiger partial charge in [0.15, 0.2) is 0 Å². The van der Waals surface area contributed by atoms with E-state index in [0.29, 0.717) is 6.54 Å². The number of hydrogen-bond donors (Lipinski definition) is 2. The number of benzene rings is 1. The summed E-state index contributed by atoms with van der Waals surface area (Å²) >= 11 is 0. The number of piperazine rings is 1. The van der Waals surface area contributed by atoms with Crippen molar-refractivity contribution in [1.29, 1.82) is 0 Å². The maximum absolute atomic E-state index is 12.3. The highest BCUT2D eigenvalue weighted by Gasteiger charge is 2.32. The van der Waals surface area contributed by atoms with Gasteiger partial charge in [0.05, 0.1) is 6.54 Å². The van der Waals surface area contributed by atoms with Crippen molar-refractivity contribution in [1.82, 2.24) is 10.2 Å². The second-order valence-corrected chi connectivity index (χ2v) is 5.43. The van der Waals surface area contributed by atoms with Crippen LogP contribution in [0.1, 0.15) is 12.5 Å². The summed E-state index contributed by atoms with van der Waals surface area (Å²) in [5.74, 6) is -0.461. The molecule has 1 aromatic carbocycles. The molecule has 2 rings (SSSR count). The third kappa shape index (κ3) is 3.55. The molecular weight excluding hydrogens is 284 g/mol. The highest BCUT2D eigenvalue weighted by Crippen LogP contribution is 2.20. The number of rotatable bonds is 3. The molecule has 0 saturated carbocycles. The highest BCUT2D eigenvalue weighted by atomic mass is 16.2. The van der Waals surface area contributed by atoms with Gasteiger partial charge in [0.1, 0.15) is 6.54 Å². The molecule has 1 saturated heterocycles. The lowest BCUT2D eigenvalue weighted by molar-refractivity contribution is -0.138. The first-order chi connectivity index (χ1) is 10.4. The average molecular weight is 304 g/mol. The maximum Gasteiger partial charge on any atom is 0.312 e. The molecule has 0 radical (unpaired) electrons. The van der Waals surface area contributed by atoms with Crippen molar-refractivity contribution in [3.63, 3.8) is 0 Å². The van der Waals surface area contributed by atoms with E-state index < -0.39 is 6.03 Å². The number of nitrogens with two attached hydrogens (primary N) is 1. The van der Waals surface area contributed by atoms with E-state index in [-0.39, 0.29) is 30.9 Å². The largest absolute Gasteiger partial charge is 0.352 e. The van der Waals surface area contributed by atoms with Gasteiger partial charge in [-0.1, -0.05) is 17.7 Å². The van der Waals surface area contributed by atoms with E-state index in [1.807, 2.05) is 38.1 Å². The third-order valence-corrected chi connectivity index (χ3v) is 3.67. The van der Waals surface area contributed by atoms with Crippen LogP contribution < -0.4 is 16.0 Å². The molecule has 1 heterocycles. The first-order valence-corrected chi connectivity index (χ1v) is 7.08. The summed E-state index contributed by atoms with van der Waals surface area (Å²) in [6, 6.07) is 6.79. The molecule has 0 aliphatic carbocycles. The number of nitrogens with zero attached hydrogens (tertiary/aromatic N) is 2. The molecule has 4 amide bonds. The zero-order valence-electron chi connectivity index (χ0n) is 12.7. The molecule has 0 aromatic heterocycles. The molecule has 1 aliphatic heterocycles. The standard InChI is InChI=1S/C15H20N4O3/c1-10-3-5-12(6-4-10)19-8-11(2)18(9-14(19)21)13(20)7-17-15(16)22/h3-6,11H,7-9H2,1-2H3,(H3,16,17,22)/t11-/m0/s1. The molecule has 0 bridgehead atoms. The van der Waals surface area contributed by atoms with Crippen LogP contribution in [0.5, 0.6) is 0 Å². The summed E-state index contributed by atoms with van der Waals surface area (Å²) in [6.07, 6.45) is 0. The van der Waals surface area contributed by atoms with Gasteiger partial charge in [0, 0.05) is 18.3 Å². The van der Waals surface area contributed by atoms with Crippen molar-refractivity contribution in [2.45, 2.75) is 19.9 Å². The molecule has 1 atom stereocenters. The number of hydrogen-bond acceptors (Lipinski definition) is 3. The first kappa shape index (κ1) is 15.8. The molecule has 0 spiro atoms. The molecule has 0 unspecified atom stereocenters. The Balaban J connectivity index is 2.05. The molecule has 22 heavy (non-hydrogen) atoms. The fourth-order valence-electron chi connectivity index (χ4n) is 2.42. The van der Waals surface area contributed by atoms with Crippen LogP contribution in [0.3, 0.4) is 0 Å². The van der Waals surface area contributed by atoms with E-state index in [1.54, 1.807) is 4.90 Å². The Bertz CT molecular complexity index is 585. The van der Waals surface area contributed by atoms with Crippen LogP contribution in [0.4, 0.5) is 10.5 Å². The Labute approximate surface area is 129 Å². The molecule has 7 nitrogen and oxygen atoms in total. The quantitative estimate of drug-likeness (QED) is 0.836. The second-order valence-electron chi connectivity index (χ2n) is 5.43. The summed E-state index contributed by atoms with van der Waals surface area (Å²) in [4.78, 5) is 38.1. The van der Waals surface area contributed by atoms with Gasteiger partial charge in [-0.2, -0.15) is 0 Å². The molecule has 118 valence electrons. The van der Waals surface area contributed by atoms with Gasteiger partial charge in [-0.05, 0) is 26.0 Å². The number of amides is 4. The summed E-state index contributed by atoms with van der Waals surface area (Å²) in [5, 5.41) is 2.25. The Morgan fingerprint density at radius 1 is 1.32 bits per heavy atom. The number of urea groups is 1. The summed E-state index contributed by atoms with van der Waals surface area (Å²) in [7, 11) is 0. The van der Waals surface area contributed by atoms with Gasteiger partial charge < -0.3 is 20.9 Å². The van der Waals surface area contributed by atoms with Gasteiger partial charge >= 0.3 is 6.03 Å². The maximum atomic E-state index is 12.3. The van der Waals surface area contributed by atoms with E-state index in [9.17, 15) is 14.4 Å². The second kappa shape index (κ2) is 6.46. The number of carbonyl (C=O) groups excluding carboxylic acids is 3. The molecule has 1 aromatic rings. The van der Waals surface area contributed by atoms with Crippen LogP contribution in [0.15, 0.2) is 24.3 Å². The number of nitrogens with one attached hydrogen (secondary N) is 1. The minimum absolute atomic E-state index is 0.00564. The first-order valence-electron chi connectivity index (χ1n) is 7.08. The zero-order chi connectivity index (χ0) is 16.3. The van der Waals surface area contributed by atoms with E-state index in [4.69, 9.17) is 5.73 Å². The lowest BCUT2D eigenvalue weighted by Gasteiger charge is -2.39. The van der Waals surface area contributed by atoms with E-state index in [0.717, 1.165) is 11.3 Å².